The number of amides is 1. The fourth-order valence-electron chi connectivity index (χ4n) is 2.27. The molecule has 20 heavy (non-hydrogen) atoms. The van der Waals surface area contributed by atoms with Crippen LogP contribution in [0, 0.1) is 0 Å². The van der Waals surface area contributed by atoms with Crippen LogP contribution >= 0.6 is 11.3 Å². The van der Waals surface area contributed by atoms with E-state index in [0.717, 1.165) is 30.2 Å². The van der Waals surface area contributed by atoms with E-state index in [1.807, 2.05) is 17.0 Å². The third-order valence-electron chi connectivity index (χ3n) is 3.30. The maximum atomic E-state index is 12.4. The van der Waals surface area contributed by atoms with Gasteiger partial charge in [-0.15, -0.1) is 11.3 Å². The molecule has 0 radical (unpaired) electrons. The SMILES string of the molecule is C[C@@H]1CN(C(=O)c2cnc(-c3ccncc3)s2)CCN1. The smallest absolute Gasteiger partial charge is 0.265 e. The Morgan fingerprint density at radius 1 is 1.45 bits per heavy atom. The van der Waals surface area contributed by atoms with E-state index in [9.17, 15) is 4.79 Å². The van der Waals surface area contributed by atoms with Crippen LogP contribution in [-0.2, 0) is 0 Å². The van der Waals surface area contributed by atoms with Crippen LogP contribution in [0.4, 0.5) is 0 Å². The molecule has 1 N–H and O–H groups in total. The minimum atomic E-state index is 0.0798. The van der Waals surface area contributed by atoms with Crippen molar-refractivity contribution in [3.8, 4) is 10.6 Å². The number of nitrogens with one attached hydrogen (secondary N) is 1. The highest BCUT2D eigenvalue weighted by Crippen LogP contribution is 2.25. The van der Waals surface area contributed by atoms with Gasteiger partial charge in [0.05, 0.1) is 6.20 Å². The first-order valence-corrected chi connectivity index (χ1v) is 7.44. The van der Waals surface area contributed by atoms with Gasteiger partial charge in [-0.3, -0.25) is 9.78 Å². The predicted octanol–water partition coefficient (Wildman–Crippen LogP) is 1.64. The second-order valence-electron chi connectivity index (χ2n) is 4.87. The molecule has 6 heteroatoms. The topological polar surface area (TPSA) is 58.1 Å². The minimum Gasteiger partial charge on any atom is -0.335 e. The van der Waals surface area contributed by atoms with Crippen LogP contribution in [0.1, 0.15) is 16.6 Å². The van der Waals surface area contributed by atoms with Gasteiger partial charge in [-0.25, -0.2) is 4.98 Å². The first-order valence-electron chi connectivity index (χ1n) is 6.63. The summed E-state index contributed by atoms with van der Waals surface area (Å²) in [7, 11) is 0. The molecule has 3 rings (SSSR count). The highest BCUT2D eigenvalue weighted by Gasteiger charge is 2.23. The van der Waals surface area contributed by atoms with Gasteiger partial charge in [0, 0.05) is 43.6 Å². The highest BCUT2D eigenvalue weighted by atomic mass is 32.1. The van der Waals surface area contributed by atoms with Gasteiger partial charge in [-0.2, -0.15) is 0 Å². The molecule has 1 atom stereocenters. The van der Waals surface area contributed by atoms with E-state index >= 15 is 0 Å². The second kappa shape index (κ2) is 5.68. The zero-order valence-corrected chi connectivity index (χ0v) is 12.1. The molecule has 0 bridgehead atoms. The van der Waals surface area contributed by atoms with E-state index < -0.39 is 0 Å². The molecule has 2 aromatic heterocycles. The third kappa shape index (κ3) is 2.71. The first-order chi connectivity index (χ1) is 9.74. The van der Waals surface area contributed by atoms with Crippen LogP contribution in [0.25, 0.3) is 10.6 Å². The van der Waals surface area contributed by atoms with Crippen molar-refractivity contribution in [2.75, 3.05) is 19.6 Å². The van der Waals surface area contributed by atoms with Crippen molar-refractivity contribution in [1.29, 1.82) is 0 Å². The predicted molar refractivity (Wildman–Crippen MR) is 78.7 cm³/mol. The number of carbonyl (C=O) groups is 1. The highest BCUT2D eigenvalue weighted by molar-refractivity contribution is 7.16. The maximum Gasteiger partial charge on any atom is 0.265 e. The number of pyridine rings is 1. The van der Waals surface area contributed by atoms with Crippen LogP contribution in [0.15, 0.2) is 30.7 Å². The van der Waals surface area contributed by atoms with Gasteiger partial charge in [0.2, 0.25) is 0 Å². The number of carbonyl (C=O) groups excluding carboxylic acids is 1. The Kier molecular flexibility index (Phi) is 3.75. The van der Waals surface area contributed by atoms with Crippen molar-refractivity contribution < 1.29 is 4.79 Å². The number of nitrogens with zero attached hydrogens (tertiary/aromatic N) is 3. The van der Waals surface area contributed by atoms with E-state index in [1.54, 1.807) is 18.6 Å². The molecular weight excluding hydrogens is 272 g/mol. The van der Waals surface area contributed by atoms with Crippen molar-refractivity contribution in [2.45, 2.75) is 13.0 Å². The number of aromatic nitrogens is 2. The maximum absolute atomic E-state index is 12.4. The Labute approximate surface area is 121 Å². The average molecular weight is 288 g/mol. The van der Waals surface area contributed by atoms with Crippen molar-refractivity contribution in [1.82, 2.24) is 20.2 Å². The van der Waals surface area contributed by atoms with Crippen LogP contribution in [0.5, 0.6) is 0 Å². The summed E-state index contributed by atoms with van der Waals surface area (Å²) in [4.78, 5) is 23.4. The molecule has 0 aromatic carbocycles. The van der Waals surface area contributed by atoms with Gasteiger partial charge in [-0.1, -0.05) is 0 Å². The molecule has 1 amide bonds. The summed E-state index contributed by atoms with van der Waals surface area (Å²) in [6.45, 7) is 4.45. The summed E-state index contributed by atoms with van der Waals surface area (Å²) >= 11 is 1.44. The number of hydrogen-bond acceptors (Lipinski definition) is 5. The van der Waals surface area contributed by atoms with E-state index in [4.69, 9.17) is 0 Å². The summed E-state index contributed by atoms with van der Waals surface area (Å²) in [5.41, 5.74) is 0.998. The van der Waals surface area contributed by atoms with Gasteiger partial charge in [0.15, 0.2) is 0 Å². The summed E-state index contributed by atoms with van der Waals surface area (Å²) in [6.07, 6.45) is 5.14. The van der Waals surface area contributed by atoms with Crippen LogP contribution in [-0.4, -0.2) is 46.5 Å². The average Bonchev–Trinajstić information content (AvgIpc) is 2.97. The lowest BCUT2D eigenvalue weighted by Crippen LogP contribution is -2.51. The number of rotatable bonds is 2. The van der Waals surface area contributed by atoms with E-state index in [2.05, 4.69) is 22.2 Å². The molecule has 3 heterocycles. The molecule has 2 aromatic rings. The molecule has 0 unspecified atom stereocenters. The Morgan fingerprint density at radius 3 is 3.00 bits per heavy atom. The second-order valence-corrected chi connectivity index (χ2v) is 5.90. The lowest BCUT2D eigenvalue weighted by molar-refractivity contribution is 0.0714. The van der Waals surface area contributed by atoms with Crippen molar-refractivity contribution in [2.24, 2.45) is 0 Å². The monoisotopic (exact) mass is 288 g/mol. The Balaban J connectivity index is 1.78. The molecule has 5 nitrogen and oxygen atoms in total. The third-order valence-corrected chi connectivity index (χ3v) is 4.33. The van der Waals surface area contributed by atoms with E-state index in [1.165, 1.54) is 11.3 Å². The van der Waals surface area contributed by atoms with Crippen LogP contribution in [0.3, 0.4) is 0 Å². The van der Waals surface area contributed by atoms with Gasteiger partial charge < -0.3 is 10.2 Å². The normalized spacial score (nSPS) is 19.1. The van der Waals surface area contributed by atoms with Crippen molar-refractivity contribution >= 4 is 17.2 Å². The summed E-state index contributed by atoms with van der Waals surface area (Å²) < 4.78 is 0. The zero-order valence-electron chi connectivity index (χ0n) is 11.2. The lowest BCUT2D eigenvalue weighted by Gasteiger charge is -2.31. The Bertz CT molecular complexity index is 598. The standard InChI is InChI=1S/C14H16N4OS/c1-10-9-18(7-6-16-10)14(19)12-8-17-13(20-12)11-2-4-15-5-3-11/h2-5,8,10,16H,6-7,9H2,1H3/t10-/m1/s1. The number of piperazine rings is 1. The Hall–Kier alpha value is -1.79. The fourth-order valence-corrected chi connectivity index (χ4v) is 3.16. The molecule has 1 saturated heterocycles. The van der Waals surface area contributed by atoms with Gasteiger partial charge in [-0.05, 0) is 19.1 Å². The molecule has 0 aliphatic carbocycles. The van der Waals surface area contributed by atoms with Crippen LogP contribution < -0.4 is 5.32 Å². The number of thiazole rings is 1. The van der Waals surface area contributed by atoms with Crippen molar-refractivity contribution in [3.63, 3.8) is 0 Å². The lowest BCUT2D eigenvalue weighted by atomic mass is 10.2. The summed E-state index contributed by atoms with van der Waals surface area (Å²) in [5.74, 6) is 0.0798. The molecule has 104 valence electrons. The molecule has 0 spiro atoms. The molecular formula is C14H16N4OS. The first kappa shape index (κ1) is 13.2. The zero-order chi connectivity index (χ0) is 13.9. The largest absolute Gasteiger partial charge is 0.335 e. The molecule has 1 aliphatic rings. The fraction of sp³-hybridized carbons (Fsp3) is 0.357. The quantitative estimate of drug-likeness (QED) is 0.912. The van der Waals surface area contributed by atoms with Gasteiger partial charge in [0.1, 0.15) is 9.88 Å². The van der Waals surface area contributed by atoms with E-state index in [0.29, 0.717) is 10.9 Å². The summed E-state index contributed by atoms with van der Waals surface area (Å²) in [6, 6.07) is 4.15. The van der Waals surface area contributed by atoms with Crippen molar-refractivity contribution in [3.05, 3.63) is 35.6 Å². The molecule has 1 aliphatic heterocycles. The van der Waals surface area contributed by atoms with E-state index in [-0.39, 0.29) is 5.91 Å². The van der Waals surface area contributed by atoms with Gasteiger partial charge in [0.25, 0.3) is 5.91 Å². The Morgan fingerprint density at radius 2 is 2.25 bits per heavy atom. The minimum absolute atomic E-state index is 0.0798. The number of hydrogen-bond donors (Lipinski definition) is 1. The van der Waals surface area contributed by atoms with Gasteiger partial charge >= 0.3 is 0 Å². The molecule has 0 saturated carbocycles. The molecule has 1 fully saturated rings. The summed E-state index contributed by atoms with van der Waals surface area (Å²) in [5, 5.41) is 4.20. The van der Waals surface area contributed by atoms with Crippen LogP contribution in [0.2, 0.25) is 0 Å².